The third-order valence-electron chi connectivity index (χ3n) is 4.42. The van der Waals surface area contributed by atoms with E-state index in [1.54, 1.807) is 16.7 Å². The first-order valence-corrected chi connectivity index (χ1v) is 9.83. The Morgan fingerprint density at radius 1 is 1.03 bits per heavy atom. The van der Waals surface area contributed by atoms with Gasteiger partial charge in [-0.2, -0.15) is 5.10 Å². The second-order valence-corrected chi connectivity index (χ2v) is 7.19. The van der Waals surface area contributed by atoms with E-state index in [0.717, 1.165) is 16.7 Å². The lowest BCUT2D eigenvalue weighted by atomic mass is 10.1. The summed E-state index contributed by atoms with van der Waals surface area (Å²) < 4.78 is 14.9. The highest BCUT2D eigenvalue weighted by atomic mass is 32.1. The molecule has 0 aliphatic carbocycles. The van der Waals surface area contributed by atoms with Crippen molar-refractivity contribution in [2.75, 3.05) is 13.1 Å². The standard InChI is InChI=1S/C21H22FN5O2S/c1-14-2-6-16(7-3-14)20-25-26-21(30)27(20)13-19(29)24-11-10-23-18(28)12-15-4-8-17(22)9-5-15/h2-9H,10-13H2,1H3,(H,23,28)(H,24,29)(H,26,30). The summed E-state index contributed by atoms with van der Waals surface area (Å²) >= 11 is 5.24. The number of carbonyl (C=O) groups is 2. The Morgan fingerprint density at radius 3 is 2.33 bits per heavy atom. The number of halogens is 1. The number of carbonyl (C=O) groups excluding carboxylic acids is 2. The van der Waals surface area contributed by atoms with E-state index in [2.05, 4.69) is 20.8 Å². The van der Waals surface area contributed by atoms with E-state index in [9.17, 15) is 14.0 Å². The number of rotatable bonds is 8. The van der Waals surface area contributed by atoms with Gasteiger partial charge < -0.3 is 10.6 Å². The lowest BCUT2D eigenvalue weighted by Crippen LogP contribution is -2.36. The number of nitrogens with zero attached hydrogens (tertiary/aromatic N) is 2. The van der Waals surface area contributed by atoms with Crippen LogP contribution in [-0.4, -0.2) is 39.7 Å². The second-order valence-electron chi connectivity index (χ2n) is 6.81. The molecule has 1 heterocycles. The molecule has 0 bridgehead atoms. The topological polar surface area (TPSA) is 91.8 Å². The second kappa shape index (κ2) is 9.93. The van der Waals surface area contributed by atoms with Crippen LogP contribution in [-0.2, 0) is 22.6 Å². The highest BCUT2D eigenvalue weighted by Gasteiger charge is 2.12. The summed E-state index contributed by atoms with van der Waals surface area (Å²) in [6.07, 6.45) is 0.151. The van der Waals surface area contributed by atoms with Crippen molar-refractivity contribution in [2.45, 2.75) is 19.9 Å². The van der Waals surface area contributed by atoms with Gasteiger partial charge in [0.25, 0.3) is 0 Å². The minimum atomic E-state index is -0.342. The zero-order chi connectivity index (χ0) is 21.5. The monoisotopic (exact) mass is 427 g/mol. The van der Waals surface area contributed by atoms with Crippen molar-refractivity contribution < 1.29 is 14.0 Å². The maximum absolute atomic E-state index is 12.9. The van der Waals surface area contributed by atoms with Gasteiger partial charge in [-0.1, -0.05) is 42.0 Å². The molecule has 2 aromatic carbocycles. The number of nitrogens with one attached hydrogen (secondary N) is 3. The molecular weight excluding hydrogens is 405 g/mol. The largest absolute Gasteiger partial charge is 0.354 e. The number of aromatic nitrogens is 3. The maximum Gasteiger partial charge on any atom is 0.240 e. The molecule has 0 spiro atoms. The average molecular weight is 428 g/mol. The molecule has 0 saturated heterocycles. The third kappa shape index (κ3) is 5.84. The molecule has 9 heteroatoms. The van der Waals surface area contributed by atoms with Crippen LogP contribution in [0.5, 0.6) is 0 Å². The number of H-pyrrole nitrogens is 1. The lowest BCUT2D eigenvalue weighted by Gasteiger charge is -2.09. The van der Waals surface area contributed by atoms with E-state index < -0.39 is 0 Å². The van der Waals surface area contributed by atoms with Crippen LogP contribution < -0.4 is 10.6 Å². The number of benzene rings is 2. The highest BCUT2D eigenvalue weighted by Crippen LogP contribution is 2.17. The Hall–Kier alpha value is -3.33. The van der Waals surface area contributed by atoms with Crippen molar-refractivity contribution in [3.8, 4) is 11.4 Å². The molecule has 0 radical (unpaired) electrons. The first-order valence-electron chi connectivity index (χ1n) is 9.42. The number of amides is 2. The summed E-state index contributed by atoms with van der Waals surface area (Å²) in [5.74, 6) is -0.198. The molecule has 0 atom stereocenters. The molecule has 0 saturated carbocycles. The van der Waals surface area contributed by atoms with Crippen molar-refractivity contribution in [3.05, 3.63) is 70.2 Å². The molecule has 156 valence electrons. The summed E-state index contributed by atoms with van der Waals surface area (Å²) in [4.78, 5) is 24.2. The molecule has 0 aliphatic heterocycles. The van der Waals surface area contributed by atoms with E-state index in [1.165, 1.54) is 12.1 Å². The SMILES string of the molecule is Cc1ccc(-c2n[nH]c(=S)n2CC(=O)NCCNC(=O)Cc2ccc(F)cc2)cc1. The summed E-state index contributed by atoms with van der Waals surface area (Å²) in [6.45, 7) is 2.57. The normalized spacial score (nSPS) is 10.6. The fraction of sp³-hybridized carbons (Fsp3) is 0.238. The van der Waals surface area contributed by atoms with Crippen molar-refractivity contribution >= 4 is 24.0 Å². The Balaban J connectivity index is 1.47. The summed E-state index contributed by atoms with van der Waals surface area (Å²) in [7, 11) is 0. The zero-order valence-electron chi connectivity index (χ0n) is 16.4. The predicted octanol–water partition coefficient (Wildman–Crippen LogP) is 2.53. The first-order chi connectivity index (χ1) is 14.4. The predicted molar refractivity (Wildman–Crippen MR) is 114 cm³/mol. The quantitative estimate of drug-likeness (QED) is 0.381. The Bertz CT molecular complexity index is 1070. The van der Waals surface area contributed by atoms with Crippen LogP contribution in [0.15, 0.2) is 48.5 Å². The third-order valence-corrected chi connectivity index (χ3v) is 4.73. The lowest BCUT2D eigenvalue weighted by molar-refractivity contribution is -0.123. The minimum Gasteiger partial charge on any atom is -0.354 e. The fourth-order valence-electron chi connectivity index (χ4n) is 2.84. The van der Waals surface area contributed by atoms with Crippen molar-refractivity contribution in [2.24, 2.45) is 0 Å². The van der Waals surface area contributed by atoms with Crippen LogP contribution in [0.2, 0.25) is 0 Å². The van der Waals surface area contributed by atoms with Crippen LogP contribution in [0.25, 0.3) is 11.4 Å². The molecule has 3 N–H and O–H groups in total. The number of aromatic amines is 1. The van der Waals surface area contributed by atoms with E-state index >= 15 is 0 Å². The summed E-state index contributed by atoms with van der Waals surface area (Å²) in [6, 6.07) is 13.5. The van der Waals surface area contributed by atoms with Gasteiger partial charge in [0.1, 0.15) is 12.4 Å². The van der Waals surface area contributed by atoms with Gasteiger partial charge in [0, 0.05) is 18.7 Å². The van der Waals surface area contributed by atoms with Crippen molar-refractivity contribution in [1.82, 2.24) is 25.4 Å². The Morgan fingerprint density at radius 2 is 1.67 bits per heavy atom. The van der Waals surface area contributed by atoms with Crippen LogP contribution >= 0.6 is 12.2 Å². The average Bonchev–Trinajstić information content (AvgIpc) is 3.08. The van der Waals surface area contributed by atoms with Crippen LogP contribution in [0, 0.1) is 17.5 Å². The molecule has 7 nitrogen and oxygen atoms in total. The molecule has 30 heavy (non-hydrogen) atoms. The van der Waals surface area contributed by atoms with Gasteiger partial charge in [-0.25, -0.2) is 4.39 Å². The molecule has 3 aromatic rings. The van der Waals surface area contributed by atoms with Crippen molar-refractivity contribution in [1.29, 1.82) is 0 Å². The summed E-state index contributed by atoms with van der Waals surface area (Å²) in [5, 5.41) is 12.4. The van der Waals surface area contributed by atoms with Gasteiger partial charge in [-0.15, -0.1) is 0 Å². The minimum absolute atomic E-state index is 0.0159. The van der Waals surface area contributed by atoms with Crippen LogP contribution in [0.3, 0.4) is 0 Å². The summed E-state index contributed by atoms with van der Waals surface area (Å²) in [5.41, 5.74) is 2.70. The molecule has 3 rings (SSSR count). The van der Waals surface area contributed by atoms with E-state index in [0.29, 0.717) is 10.6 Å². The molecular formula is C21H22FN5O2S. The number of aryl methyl sites for hydroxylation is 1. The van der Waals surface area contributed by atoms with E-state index in [4.69, 9.17) is 12.2 Å². The van der Waals surface area contributed by atoms with Gasteiger partial charge >= 0.3 is 0 Å². The highest BCUT2D eigenvalue weighted by molar-refractivity contribution is 7.71. The number of hydrogen-bond acceptors (Lipinski definition) is 4. The smallest absolute Gasteiger partial charge is 0.240 e. The van der Waals surface area contributed by atoms with Gasteiger partial charge in [0.15, 0.2) is 10.6 Å². The Labute approximate surface area is 178 Å². The Kier molecular flexibility index (Phi) is 7.08. The maximum atomic E-state index is 12.9. The molecule has 0 unspecified atom stereocenters. The van der Waals surface area contributed by atoms with Crippen LogP contribution in [0.1, 0.15) is 11.1 Å². The molecule has 0 fully saturated rings. The zero-order valence-corrected chi connectivity index (χ0v) is 17.3. The van der Waals surface area contributed by atoms with Crippen LogP contribution in [0.4, 0.5) is 4.39 Å². The molecule has 0 aliphatic rings. The van der Waals surface area contributed by atoms with E-state index in [-0.39, 0.29) is 43.7 Å². The van der Waals surface area contributed by atoms with E-state index in [1.807, 2.05) is 31.2 Å². The fourth-order valence-corrected chi connectivity index (χ4v) is 3.04. The van der Waals surface area contributed by atoms with Gasteiger partial charge in [-0.05, 0) is 36.8 Å². The first kappa shape index (κ1) is 21.4. The van der Waals surface area contributed by atoms with Gasteiger partial charge in [0.2, 0.25) is 11.8 Å². The van der Waals surface area contributed by atoms with Crippen molar-refractivity contribution in [3.63, 3.8) is 0 Å². The van der Waals surface area contributed by atoms with Gasteiger partial charge in [-0.3, -0.25) is 19.3 Å². The van der Waals surface area contributed by atoms with Gasteiger partial charge in [0.05, 0.1) is 6.42 Å². The number of hydrogen-bond donors (Lipinski definition) is 3. The molecule has 2 amide bonds. The molecule has 1 aromatic heterocycles.